The van der Waals surface area contributed by atoms with Crippen LogP contribution < -0.4 is 14.8 Å². The number of nitrogens with one attached hydrogen (secondary N) is 1. The number of aryl methyl sites for hydroxylation is 1. The van der Waals surface area contributed by atoms with Crippen LogP contribution in [-0.4, -0.2) is 41.7 Å². The number of carbonyl (C=O) groups is 1. The molecule has 2 atom stereocenters. The second-order valence-corrected chi connectivity index (χ2v) is 8.29. The summed E-state index contributed by atoms with van der Waals surface area (Å²) in [5.41, 5.74) is 4.50. The fourth-order valence-corrected chi connectivity index (χ4v) is 3.94. The molecule has 1 aliphatic rings. The molecule has 0 amide bonds. The van der Waals surface area contributed by atoms with E-state index in [4.69, 9.17) is 14.6 Å². The van der Waals surface area contributed by atoms with Gasteiger partial charge in [0.05, 0.1) is 5.56 Å². The zero-order chi connectivity index (χ0) is 23.9. The Morgan fingerprint density at radius 3 is 2.56 bits per heavy atom. The molecule has 3 aromatic carbocycles. The Morgan fingerprint density at radius 2 is 1.85 bits per heavy atom. The summed E-state index contributed by atoms with van der Waals surface area (Å²) >= 11 is 0. The largest absolute Gasteiger partial charge is 0.489 e. The Bertz CT molecular complexity index is 1140. The molecule has 1 heterocycles. The van der Waals surface area contributed by atoms with Crippen molar-refractivity contribution in [2.45, 2.75) is 32.1 Å². The number of rotatable bonds is 9. The van der Waals surface area contributed by atoms with Crippen molar-refractivity contribution in [2.75, 3.05) is 13.2 Å². The van der Waals surface area contributed by atoms with Crippen LogP contribution in [0.3, 0.4) is 0 Å². The molecule has 0 aromatic heterocycles. The van der Waals surface area contributed by atoms with Gasteiger partial charge in [0.15, 0.2) is 0 Å². The molecule has 176 valence electrons. The first-order valence-corrected chi connectivity index (χ1v) is 11.4. The molecule has 0 saturated heterocycles. The van der Waals surface area contributed by atoms with E-state index in [1.807, 2.05) is 67.6 Å². The lowest BCUT2D eigenvalue weighted by Gasteiger charge is -2.27. The molecule has 6 heteroatoms. The highest BCUT2D eigenvalue weighted by molar-refractivity contribution is 5.88. The van der Waals surface area contributed by atoms with Gasteiger partial charge in [-0.3, -0.25) is 5.32 Å². The lowest BCUT2D eigenvalue weighted by atomic mass is 9.96. The van der Waals surface area contributed by atoms with Gasteiger partial charge in [-0.15, -0.1) is 0 Å². The van der Waals surface area contributed by atoms with Crippen LogP contribution in [0.2, 0.25) is 0 Å². The number of aliphatic hydroxyl groups excluding tert-OH is 1. The summed E-state index contributed by atoms with van der Waals surface area (Å²) in [5.74, 6) is 0.627. The van der Waals surface area contributed by atoms with Crippen molar-refractivity contribution in [3.63, 3.8) is 0 Å². The molecule has 0 aliphatic carbocycles. The molecule has 0 saturated carbocycles. The van der Waals surface area contributed by atoms with Crippen molar-refractivity contribution in [3.05, 3.63) is 89.5 Å². The number of fused-ring (bicyclic) bond motifs is 1. The lowest BCUT2D eigenvalue weighted by Crippen LogP contribution is -2.42. The predicted octanol–water partition coefficient (Wildman–Crippen LogP) is 4.77. The topological polar surface area (TPSA) is 88.0 Å². The highest BCUT2D eigenvalue weighted by Gasteiger charge is 2.21. The van der Waals surface area contributed by atoms with Crippen molar-refractivity contribution in [1.29, 1.82) is 0 Å². The Balaban J connectivity index is 1.26. The normalized spacial score (nSPS) is 16.0. The highest BCUT2D eigenvalue weighted by Crippen LogP contribution is 2.32. The molecule has 34 heavy (non-hydrogen) atoms. The molecular formula is C28H29NO5. The average Bonchev–Trinajstić information content (AvgIpc) is 2.87. The van der Waals surface area contributed by atoms with Crippen LogP contribution in [0.5, 0.6) is 11.5 Å². The van der Waals surface area contributed by atoms with Gasteiger partial charge in [-0.2, -0.15) is 0 Å². The second kappa shape index (κ2) is 11.0. The van der Waals surface area contributed by atoms with E-state index in [0.29, 0.717) is 12.3 Å². The number of carboxylic acid groups (broad SMARTS) is 1. The summed E-state index contributed by atoms with van der Waals surface area (Å²) < 4.78 is 11.8. The molecule has 2 unspecified atom stereocenters. The highest BCUT2D eigenvalue weighted by atomic mass is 16.5. The van der Waals surface area contributed by atoms with Gasteiger partial charge >= 0.3 is 5.97 Å². The van der Waals surface area contributed by atoms with Crippen LogP contribution in [0.25, 0.3) is 17.2 Å². The molecular weight excluding hydrogens is 430 g/mol. The van der Waals surface area contributed by atoms with Crippen LogP contribution in [0.4, 0.5) is 0 Å². The number of aliphatic hydroxyl groups is 1. The standard InChI is InChI=1S/C28H29NO5/c1-2-3-19-4-12-24(13-5-19)33-18-27(30)29-17-25-14-10-23-16-22(11-15-26(23)34-25)20-6-8-21(9-7-20)28(31)32/h2-9,11-13,15-16,25,27,29-30H,10,14,17-18H2,1H3,(H,31,32)/b3-2+. The maximum absolute atomic E-state index is 11.1. The lowest BCUT2D eigenvalue weighted by molar-refractivity contribution is 0.0628. The number of allylic oxidation sites excluding steroid dienone is 1. The Hall–Kier alpha value is -3.61. The monoisotopic (exact) mass is 459 g/mol. The van der Waals surface area contributed by atoms with Crippen LogP contribution in [-0.2, 0) is 6.42 Å². The summed E-state index contributed by atoms with van der Waals surface area (Å²) in [5, 5.41) is 22.4. The summed E-state index contributed by atoms with van der Waals surface area (Å²) in [7, 11) is 0. The maximum atomic E-state index is 11.1. The SMILES string of the molecule is C/C=C/c1ccc(OCC(O)NCC2CCc3cc(-c4ccc(C(=O)O)cc4)ccc3O2)cc1. The molecule has 0 spiro atoms. The third-order valence-corrected chi connectivity index (χ3v) is 5.78. The molecule has 3 N–H and O–H groups in total. The van der Waals surface area contributed by atoms with E-state index < -0.39 is 12.2 Å². The van der Waals surface area contributed by atoms with E-state index in [-0.39, 0.29) is 18.3 Å². The van der Waals surface area contributed by atoms with Crippen molar-refractivity contribution in [3.8, 4) is 22.6 Å². The van der Waals surface area contributed by atoms with Crippen molar-refractivity contribution in [2.24, 2.45) is 0 Å². The van der Waals surface area contributed by atoms with Gasteiger partial charge < -0.3 is 19.7 Å². The molecule has 4 rings (SSSR count). The molecule has 0 radical (unpaired) electrons. The van der Waals surface area contributed by atoms with E-state index in [1.165, 1.54) is 0 Å². The van der Waals surface area contributed by atoms with E-state index in [0.717, 1.165) is 40.8 Å². The minimum absolute atomic E-state index is 0.0389. The molecule has 3 aromatic rings. The van der Waals surface area contributed by atoms with E-state index in [9.17, 15) is 9.90 Å². The number of benzene rings is 3. The third-order valence-electron chi connectivity index (χ3n) is 5.78. The number of ether oxygens (including phenoxy) is 2. The smallest absolute Gasteiger partial charge is 0.335 e. The summed E-state index contributed by atoms with van der Waals surface area (Å²) in [6.45, 7) is 2.64. The van der Waals surface area contributed by atoms with Crippen molar-refractivity contribution >= 4 is 12.0 Å². The van der Waals surface area contributed by atoms with Gasteiger partial charge in [0.1, 0.15) is 30.4 Å². The second-order valence-electron chi connectivity index (χ2n) is 8.29. The van der Waals surface area contributed by atoms with Crippen LogP contribution in [0.1, 0.15) is 34.8 Å². The minimum Gasteiger partial charge on any atom is -0.489 e. The quantitative estimate of drug-likeness (QED) is 0.400. The number of hydrogen-bond acceptors (Lipinski definition) is 5. The average molecular weight is 460 g/mol. The van der Waals surface area contributed by atoms with Crippen LogP contribution in [0.15, 0.2) is 72.8 Å². The van der Waals surface area contributed by atoms with Crippen LogP contribution in [0, 0.1) is 0 Å². The fourth-order valence-electron chi connectivity index (χ4n) is 3.94. The van der Waals surface area contributed by atoms with Gasteiger partial charge in [-0.25, -0.2) is 4.79 Å². The van der Waals surface area contributed by atoms with E-state index in [2.05, 4.69) is 11.4 Å². The summed E-state index contributed by atoms with van der Waals surface area (Å²) in [6.07, 6.45) is 4.87. The van der Waals surface area contributed by atoms with Gasteiger partial charge in [0.2, 0.25) is 0 Å². The predicted molar refractivity (Wildman–Crippen MR) is 132 cm³/mol. The fraction of sp³-hybridized carbons (Fsp3) is 0.250. The molecule has 0 bridgehead atoms. The first-order valence-electron chi connectivity index (χ1n) is 11.4. The van der Waals surface area contributed by atoms with Crippen molar-refractivity contribution < 1.29 is 24.5 Å². The maximum Gasteiger partial charge on any atom is 0.335 e. The van der Waals surface area contributed by atoms with Gasteiger partial charge in [0.25, 0.3) is 0 Å². The van der Waals surface area contributed by atoms with E-state index in [1.54, 1.807) is 12.1 Å². The van der Waals surface area contributed by atoms with Gasteiger partial charge in [-0.05, 0) is 78.4 Å². The Morgan fingerprint density at radius 1 is 1.12 bits per heavy atom. The van der Waals surface area contributed by atoms with Gasteiger partial charge in [-0.1, -0.05) is 42.5 Å². The Labute approximate surface area is 199 Å². The molecule has 6 nitrogen and oxygen atoms in total. The summed E-state index contributed by atoms with van der Waals surface area (Å²) in [6, 6.07) is 20.6. The van der Waals surface area contributed by atoms with Crippen molar-refractivity contribution in [1.82, 2.24) is 5.32 Å². The summed E-state index contributed by atoms with van der Waals surface area (Å²) in [4.78, 5) is 11.1. The first kappa shape index (κ1) is 23.5. The third kappa shape index (κ3) is 6.04. The zero-order valence-electron chi connectivity index (χ0n) is 19.1. The van der Waals surface area contributed by atoms with Crippen LogP contribution >= 0.6 is 0 Å². The number of aromatic carboxylic acids is 1. The van der Waals surface area contributed by atoms with E-state index >= 15 is 0 Å². The number of carboxylic acids is 1. The Kier molecular flexibility index (Phi) is 7.62. The zero-order valence-corrected chi connectivity index (χ0v) is 19.1. The minimum atomic E-state index is -0.930. The van der Waals surface area contributed by atoms with Gasteiger partial charge in [0, 0.05) is 6.54 Å². The first-order chi connectivity index (χ1) is 16.5. The molecule has 0 fully saturated rings. The number of hydrogen-bond donors (Lipinski definition) is 3. The molecule has 1 aliphatic heterocycles.